The van der Waals surface area contributed by atoms with Crippen LogP contribution in [-0.2, 0) is 5.41 Å². The minimum absolute atomic E-state index is 0.0310. The Labute approximate surface area is 275 Å². The monoisotopic (exact) mass is 607 g/mol. The summed E-state index contributed by atoms with van der Waals surface area (Å²) in [5, 5.41) is 1.32. The van der Waals surface area contributed by atoms with Gasteiger partial charge in [-0.3, -0.25) is 0 Å². The molecule has 46 heavy (non-hydrogen) atoms. The summed E-state index contributed by atoms with van der Waals surface area (Å²) in [7, 11) is 0. The topological polar surface area (TPSA) is 3.24 Å². The molecule has 1 aromatic heterocycles. The first-order chi connectivity index (χ1) is 22.4. The quantitative estimate of drug-likeness (QED) is 0.181. The molecule has 0 amide bonds. The average molecular weight is 608 g/mol. The van der Waals surface area contributed by atoms with Gasteiger partial charge in [0.2, 0.25) is 0 Å². The number of hydrogen-bond donors (Lipinski definition) is 0. The fourth-order valence-corrected chi connectivity index (χ4v) is 8.98. The minimum atomic E-state index is 0.0310. The second-order valence-corrected chi connectivity index (χ2v) is 14.9. The van der Waals surface area contributed by atoms with Crippen LogP contribution in [0.15, 0.2) is 133 Å². The zero-order chi connectivity index (χ0) is 31.2. The highest BCUT2D eigenvalue weighted by molar-refractivity contribution is 7.34. The molecule has 3 heteroatoms. The highest BCUT2D eigenvalue weighted by Gasteiger charge is 2.45. The summed E-state index contributed by atoms with van der Waals surface area (Å²) < 4.78 is 2.77. The van der Waals surface area contributed by atoms with E-state index in [9.17, 15) is 0 Å². The van der Waals surface area contributed by atoms with Crippen molar-refractivity contribution in [2.75, 3.05) is 4.90 Å². The molecule has 220 valence electrons. The van der Waals surface area contributed by atoms with E-state index < -0.39 is 0 Å². The fraction of sp³-hybridized carbons (Fsp3) is 0.116. The summed E-state index contributed by atoms with van der Waals surface area (Å²) in [6.45, 7) is 9.32. The molecule has 0 saturated carbocycles. The molecule has 9 rings (SSSR count). The van der Waals surface area contributed by atoms with Gasteiger partial charge < -0.3 is 4.90 Å². The Morgan fingerprint density at radius 1 is 0.587 bits per heavy atom. The van der Waals surface area contributed by atoms with Crippen molar-refractivity contribution >= 4 is 60.9 Å². The van der Waals surface area contributed by atoms with E-state index in [2.05, 4.69) is 166 Å². The average Bonchev–Trinajstić information content (AvgIpc) is 3.62. The molecular formula is C43H34BNS. The molecule has 3 heterocycles. The first-order valence-electron chi connectivity index (χ1n) is 16.2. The van der Waals surface area contributed by atoms with Gasteiger partial charge in [-0.05, 0) is 81.5 Å². The third-order valence-electron chi connectivity index (χ3n) is 9.87. The maximum Gasteiger partial charge on any atom is 0.260 e. The van der Waals surface area contributed by atoms with E-state index in [1.165, 1.54) is 87.4 Å². The van der Waals surface area contributed by atoms with Gasteiger partial charge in [-0.25, -0.2) is 0 Å². The number of aryl methyl sites for hydroxylation is 1. The van der Waals surface area contributed by atoms with E-state index in [4.69, 9.17) is 0 Å². The van der Waals surface area contributed by atoms with Crippen LogP contribution in [0.25, 0.3) is 43.5 Å². The number of nitrogens with zero attached hydrogens (tertiary/aromatic N) is 1. The molecule has 0 N–H and O–H groups in total. The lowest BCUT2D eigenvalue weighted by molar-refractivity contribution is 0.590. The molecular weight excluding hydrogens is 573 g/mol. The van der Waals surface area contributed by atoms with Crippen molar-refractivity contribution in [1.82, 2.24) is 0 Å². The van der Waals surface area contributed by atoms with Crippen molar-refractivity contribution in [2.45, 2.75) is 33.1 Å². The zero-order valence-corrected chi connectivity index (χ0v) is 27.5. The Bertz CT molecular complexity index is 2320. The number of fused-ring (bicyclic) bond motifs is 7. The SMILES string of the molecule is Cc1cccc(-c2cc3c4c(c2)N(c2ccc(C(C)(C)C)cc2-c2ccccc2)c2c(sc5ccccc25)B4c2ccccc2-3)c1. The molecule has 1 nitrogen and oxygen atoms in total. The van der Waals surface area contributed by atoms with Gasteiger partial charge in [0, 0.05) is 26.1 Å². The van der Waals surface area contributed by atoms with Crippen LogP contribution in [0.4, 0.5) is 17.1 Å². The van der Waals surface area contributed by atoms with E-state index in [0.717, 1.165) is 0 Å². The molecule has 0 fully saturated rings. The Morgan fingerprint density at radius 3 is 2.17 bits per heavy atom. The zero-order valence-electron chi connectivity index (χ0n) is 26.6. The van der Waals surface area contributed by atoms with Gasteiger partial charge in [0.05, 0.1) is 11.4 Å². The van der Waals surface area contributed by atoms with Gasteiger partial charge in [-0.2, -0.15) is 0 Å². The summed E-state index contributed by atoms with van der Waals surface area (Å²) in [6.07, 6.45) is 0. The standard InChI is InChI=1S/C43H34BNS/c1-27-13-12-16-29(23-27)30-24-35-32-17-8-10-19-36(32)44-40(35)38(25-30)45(41-33-18-9-11-20-39(33)46-42(41)44)37-22-21-31(43(2,3)4)26-34(37)28-14-6-5-7-15-28/h5-26H,1-4H3. The third-order valence-corrected chi connectivity index (χ3v) is 11.1. The summed E-state index contributed by atoms with van der Waals surface area (Å²) in [5.41, 5.74) is 17.0. The van der Waals surface area contributed by atoms with Crippen LogP contribution in [0.5, 0.6) is 0 Å². The Kier molecular flexibility index (Phi) is 6.01. The molecule has 7 aromatic rings. The Hall–Kier alpha value is -4.86. The highest BCUT2D eigenvalue weighted by Crippen LogP contribution is 2.50. The maximum atomic E-state index is 2.61. The Balaban J connectivity index is 1.42. The van der Waals surface area contributed by atoms with E-state index in [-0.39, 0.29) is 12.1 Å². The van der Waals surface area contributed by atoms with Crippen LogP contribution in [0, 0.1) is 6.92 Å². The van der Waals surface area contributed by atoms with Gasteiger partial charge in [-0.1, -0.05) is 135 Å². The van der Waals surface area contributed by atoms with Crippen LogP contribution in [-0.4, -0.2) is 6.71 Å². The van der Waals surface area contributed by atoms with Gasteiger partial charge in [0.25, 0.3) is 6.71 Å². The van der Waals surface area contributed by atoms with Crippen LogP contribution < -0.4 is 20.6 Å². The molecule has 0 saturated heterocycles. The van der Waals surface area contributed by atoms with Crippen LogP contribution in [0.2, 0.25) is 0 Å². The molecule has 2 aliphatic heterocycles. The molecule has 6 aromatic carbocycles. The molecule has 0 atom stereocenters. The molecule has 0 spiro atoms. The first-order valence-corrected chi connectivity index (χ1v) is 17.0. The highest BCUT2D eigenvalue weighted by atomic mass is 32.1. The summed E-state index contributed by atoms with van der Waals surface area (Å²) in [4.78, 5) is 2.61. The van der Waals surface area contributed by atoms with Gasteiger partial charge in [-0.15, -0.1) is 11.3 Å². The lowest BCUT2D eigenvalue weighted by atomic mass is 9.40. The van der Waals surface area contributed by atoms with Crippen LogP contribution in [0.3, 0.4) is 0 Å². The maximum absolute atomic E-state index is 2.61. The predicted molar refractivity (Wildman–Crippen MR) is 201 cm³/mol. The molecule has 0 unspecified atom stereocenters. The molecule has 0 aliphatic carbocycles. The van der Waals surface area contributed by atoms with Crippen molar-refractivity contribution in [3.63, 3.8) is 0 Å². The normalized spacial score (nSPS) is 13.1. The van der Waals surface area contributed by atoms with Crippen molar-refractivity contribution in [3.05, 3.63) is 145 Å². The van der Waals surface area contributed by atoms with Crippen LogP contribution in [0.1, 0.15) is 31.9 Å². The number of rotatable bonds is 3. The number of anilines is 3. The first kappa shape index (κ1) is 27.5. The van der Waals surface area contributed by atoms with Crippen molar-refractivity contribution in [2.24, 2.45) is 0 Å². The summed E-state index contributed by atoms with van der Waals surface area (Å²) >= 11 is 1.96. The van der Waals surface area contributed by atoms with E-state index >= 15 is 0 Å². The van der Waals surface area contributed by atoms with Crippen molar-refractivity contribution < 1.29 is 0 Å². The smallest absolute Gasteiger partial charge is 0.260 e. The Morgan fingerprint density at radius 2 is 1.35 bits per heavy atom. The van der Waals surface area contributed by atoms with E-state index in [1.807, 2.05) is 11.3 Å². The van der Waals surface area contributed by atoms with Crippen molar-refractivity contribution in [1.29, 1.82) is 0 Å². The van der Waals surface area contributed by atoms with Gasteiger partial charge in [0.1, 0.15) is 0 Å². The number of thiophene rings is 1. The summed E-state index contributed by atoms with van der Waals surface area (Å²) in [6, 6.07) is 50.1. The lowest BCUT2D eigenvalue weighted by Crippen LogP contribution is -2.53. The summed E-state index contributed by atoms with van der Waals surface area (Å²) in [5.74, 6) is 0. The molecule has 0 radical (unpaired) electrons. The molecule has 2 aliphatic rings. The van der Waals surface area contributed by atoms with E-state index in [1.54, 1.807) is 0 Å². The lowest BCUT2D eigenvalue weighted by Gasteiger charge is -2.36. The second-order valence-electron chi connectivity index (χ2n) is 13.8. The van der Waals surface area contributed by atoms with E-state index in [0.29, 0.717) is 0 Å². The number of benzene rings is 6. The minimum Gasteiger partial charge on any atom is -0.309 e. The van der Waals surface area contributed by atoms with Crippen LogP contribution >= 0.6 is 11.3 Å². The third kappa shape index (κ3) is 4.08. The van der Waals surface area contributed by atoms with Crippen molar-refractivity contribution in [3.8, 4) is 33.4 Å². The fourth-order valence-electron chi connectivity index (χ4n) is 7.66. The number of hydrogen-bond acceptors (Lipinski definition) is 2. The largest absolute Gasteiger partial charge is 0.309 e. The van der Waals surface area contributed by atoms with Gasteiger partial charge in [0.15, 0.2) is 0 Å². The second kappa shape index (κ2) is 10.1. The van der Waals surface area contributed by atoms with Gasteiger partial charge >= 0.3 is 0 Å². The predicted octanol–water partition coefficient (Wildman–Crippen LogP) is 10.1. The molecule has 0 bridgehead atoms.